The molecule has 1 aromatic heterocycles. The molecule has 1 unspecified atom stereocenters. The highest BCUT2D eigenvalue weighted by Gasteiger charge is 2.27. The summed E-state index contributed by atoms with van der Waals surface area (Å²) >= 11 is 3.01. The van der Waals surface area contributed by atoms with Gasteiger partial charge in [0, 0.05) is 29.6 Å². The average Bonchev–Trinajstić information content (AvgIpc) is 3.06. The predicted molar refractivity (Wildman–Crippen MR) is 121 cm³/mol. The molecule has 2 aromatic carbocycles. The summed E-state index contributed by atoms with van der Waals surface area (Å²) in [5.74, 6) is 0.487. The first-order valence-electron chi connectivity index (χ1n) is 9.59. The van der Waals surface area contributed by atoms with E-state index in [1.807, 2.05) is 32.0 Å². The van der Waals surface area contributed by atoms with Crippen molar-refractivity contribution < 1.29 is 4.92 Å². The van der Waals surface area contributed by atoms with Crippen LogP contribution >= 0.6 is 23.5 Å². The molecule has 6 nitrogen and oxygen atoms in total. The molecule has 0 saturated heterocycles. The standard InChI is InChI=1S/C22H21N3O3S2/c1-13-7-14(2)9-18(8-13)24-21(26)20-19(10-15(3)30-20)23-22(24)29-12-16-5-4-6-17(11-16)25(27)28/h4-9,11,15H,10,12H2,1-3H3. The number of non-ortho nitro benzene ring substituents is 1. The van der Waals surface area contributed by atoms with Crippen molar-refractivity contribution in [2.45, 2.75) is 48.2 Å². The summed E-state index contributed by atoms with van der Waals surface area (Å²) in [7, 11) is 0. The smallest absolute Gasteiger partial charge is 0.268 e. The van der Waals surface area contributed by atoms with E-state index in [-0.39, 0.29) is 11.2 Å². The minimum absolute atomic E-state index is 0.0408. The van der Waals surface area contributed by atoms with E-state index in [1.165, 1.54) is 17.8 Å². The molecule has 4 rings (SSSR count). The van der Waals surface area contributed by atoms with Crippen molar-refractivity contribution in [2.75, 3.05) is 0 Å². The van der Waals surface area contributed by atoms with Crippen LogP contribution in [0, 0.1) is 24.0 Å². The summed E-state index contributed by atoms with van der Waals surface area (Å²) < 4.78 is 1.69. The van der Waals surface area contributed by atoms with Gasteiger partial charge in [-0.1, -0.05) is 36.9 Å². The summed E-state index contributed by atoms with van der Waals surface area (Å²) in [6.07, 6.45) is 0.771. The van der Waals surface area contributed by atoms with E-state index >= 15 is 0 Å². The summed E-state index contributed by atoms with van der Waals surface area (Å²) in [5.41, 5.74) is 4.64. The number of benzene rings is 2. The first kappa shape index (κ1) is 20.7. The molecule has 0 radical (unpaired) electrons. The summed E-state index contributed by atoms with van der Waals surface area (Å²) in [4.78, 5) is 29.6. The first-order valence-corrected chi connectivity index (χ1v) is 11.5. The minimum Gasteiger partial charge on any atom is -0.268 e. The van der Waals surface area contributed by atoms with E-state index in [2.05, 4.69) is 13.0 Å². The largest absolute Gasteiger partial charge is 0.272 e. The molecule has 0 spiro atoms. The average molecular weight is 440 g/mol. The predicted octanol–water partition coefficient (Wildman–Crippen LogP) is 5.09. The summed E-state index contributed by atoms with van der Waals surface area (Å²) in [6.45, 7) is 6.12. The van der Waals surface area contributed by atoms with Gasteiger partial charge in [0.05, 0.1) is 21.2 Å². The normalized spacial score (nSPS) is 15.2. The van der Waals surface area contributed by atoms with Gasteiger partial charge in [0.2, 0.25) is 0 Å². The van der Waals surface area contributed by atoms with Crippen molar-refractivity contribution >= 4 is 29.2 Å². The van der Waals surface area contributed by atoms with Gasteiger partial charge in [0.1, 0.15) is 0 Å². The fourth-order valence-corrected chi connectivity index (χ4v) is 5.68. The third kappa shape index (κ3) is 4.15. The van der Waals surface area contributed by atoms with Crippen LogP contribution in [0.4, 0.5) is 5.69 Å². The highest BCUT2D eigenvalue weighted by atomic mass is 32.2. The first-order chi connectivity index (χ1) is 14.3. The van der Waals surface area contributed by atoms with Crippen molar-refractivity contribution in [3.63, 3.8) is 0 Å². The van der Waals surface area contributed by atoms with Crippen molar-refractivity contribution in [3.05, 3.63) is 85.3 Å². The van der Waals surface area contributed by atoms with Crippen molar-refractivity contribution in [1.82, 2.24) is 9.55 Å². The minimum atomic E-state index is -0.397. The molecule has 0 fully saturated rings. The second-order valence-corrected chi connectivity index (χ2v) is 9.90. The maximum Gasteiger partial charge on any atom is 0.272 e. The molecule has 1 aliphatic heterocycles. The Kier molecular flexibility index (Phi) is 5.71. The Morgan fingerprint density at radius 2 is 1.97 bits per heavy atom. The highest BCUT2D eigenvalue weighted by Crippen LogP contribution is 2.35. The van der Waals surface area contributed by atoms with Crippen LogP contribution in [0.2, 0.25) is 0 Å². The van der Waals surface area contributed by atoms with Crippen molar-refractivity contribution in [2.24, 2.45) is 0 Å². The third-order valence-corrected chi connectivity index (χ3v) is 7.06. The topological polar surface area (TPSA) is 78.0 Å². The zero-order chi connectivity index (χ0) is 21.4. The molecule has 3 aromatic rings. The number of aromatic nitrogens is 2. The number of fused-ring (bicyclic) bond motifs is 1. The van der Waals surface area contributed by atoms with Crippen LogP contribution in [0.1, 0.15) is 29.3 Å². The van der Waals surface area contributed by atoms with E-state index in [0.29, 0.717) is 16.2 Å². The molecular weight excluding hydrogens is 418 g/mol. The molecule has 30 heavy (non-hydrogen) atoms. The maximum atomic E-state index is 13.4. The van der Waals surface area contributed by atoms with Gasteiger partial charge in [-0.05, 0) is 42.7 Å². The summed E-state index contributed by atoms with van der Waals surface area (Å²) in [5, 5.41) is 12.0. The number of nitrogens with zero attached hydrogens (tertiary/aromatic N) is 3. The molecule has 1 atom stereocenters. The zero-order valence-electron chi connectivity index (χ0n) is 16.9. The van der Waals surface area contributed by atoms with Crippen LogP contribution in [0.5, 0.6) is 0 Å². The molecular formula is C22H21N3O3S2. The second kappa shape index (κ2) is 8.28. The Morgan fingerprint density at radius 3 is 2.67 bits per heavy atom. The Morgan fingerprint density at radius 1 is 1.23 bits per heavy atom. The van der Waals surface area contributed by atoms with Gasteiger partial charge in [-0.25, -0.2) is 4.98 Å². The van der Waals surface area contributed by atoms with Gasteiger partial charge in [-0.3, -0.25) is 19.5 Å². The number of hydrogen-bond donors (Lipinski definition) is 0. The van der Waals surface area contributed by atoms with E-state index < -0.39 is 4.92 Å². The van der Waals surface area contributed by atoms with Gasteiger partial charge in [0.15, 0.2) is 5.16 Å². The second-order valence-electron chi connectivity index (χ2n) is 7.50. The SMILES string of the molecule is Cc1cc(C)cc(-n2c(SCc3cccc([N+](=O)[O-])c3)nc3c(c2=O)SC(C)C3)c1. The number of nitro benzene ring substituents is 1. The van der Waals surface area contributed by atoms with Gasteiger partial charge in [-0.2, -0.15) is 0 Å². The zero-order valence-corrected chi connectivity index (χ0v) is 18.5. The molecule has 154 valence electrons. The van der Waals surface area contributed by atoms with E-state index in [1.54, 1.807) is 28.5 Å². The Bertz CT molecular complexity index is 1190. The van der Waals surface area contributed by atoms with Gasteiger partial charge < -0.3 is 0 Å². The lowest BCUT2D eigenvalue weighted by Crippen LogP contribution is -2.24. The number of nitro groups is 1. The van der Waals surface area contributed by atoms with Crippen molar-refractivity contribution in [1.29, 1.82) is 0 Å². The Balaban J connectivity index is 1.78. The number of rotatable bonds is 5. The van der Waals surface area contributed by atoms with Crippen LogP contribution < -0.4 is 5.56 Å². The quantitative estimate of drug-likeness (QED) is 0.239. The highest BCUT2D eigenvalue weighted by molar-refractivity contribution is 8.00. The monoisotopic (exact) mass is 439 g/mol. The van der Waals surface area contributed by atoms with Gasteiger partial charge in [0.25, 0.3) is 11.2 Å². The van der Waals surface area contributed by atoms with Crippen molar-refractivity contribution in [3.8, 4) is 5.69 Å². The number of hydrogen-bond acceptors (Lipinski definition) is 6. The lowest BCUT2D eigenvalue weighted by Gasteiger charge is -2.15. The van der Waals surface area contributed by atoms with Gasteiger partial charge >= 0.3 is 0 Å². The fourth-order valence-electron chi connectivity index (χ4n) is 3.61. The molecule has 0 amide bonds. The summed E-state index contributed by atoms with van der Waals surface area (Å²) in [6, 6.07) is 12.6. The number of thioether (sulfide) groups is 2. The molecule has 0 saturated carbocycles. The lowest BCUT2D eigenvalue weighted by molar-refractivity contribution is -0.384. The van der Waals surface area contributed by atoms with Crippen LogP contribution in [0.3, 0.4) is 0 Å². The van der Waals surface area contributed by atoms with E-state index in [9.17, 15) is 14.9 Å². The maximum absolute atomic E-state index is 13.4. The number of aryl methyl sites for hydroxylation is 2. The Hall–Kier alpha value is -2.58. The lowest BCUT2D eigenvalue weighted by atomic mass is 10.1. The third-order valence-electron chi connectivity index (χ3n) is 4.84. The van der Waals surface area contributed by atoms with E-state index in [4.69, 9.17) is 4.98 Å². The van der Waals surface area contributed by atoms with Gasteiger partial charge in [-0.15, -0.1) is 11.8 Å². The van der Waals surface area contributed by atoms with Crippen LogP contribution in [0.25, 0.3) is 5.69 Å². The Labute approximate surface area is 182 Å². The molecule has 0 aliphatic carbocycles. The molecule has 0 N–H and O–H groups in total. The molecule has 8 heteroatoms. The van der Waals surface area contributed by atoms with Crippen LogP contribution in [0.15, 0.2) is 57.3 Å². The molecule has 1 aliphatic rings. The molecule has 0 bridgehead atoms. The van der Waals surface area contributed by atoms with Crippen LogP contribution in [-0.4, -0.2) is 19.7 Å². The van der Waals surface area contributed by atoms with E-state index in [0.717, 1.165) is 39.4 Å². The molecule has 2 heterocycles. The fraction of sp³-hybridized carbons (Fsp3) is 0.273. The van der Waals surface area contributed by atoms with Crippen LogP contribution in [-0.2, 0) is 12.2 Å².